The molecule has 0 aromatic heterocycles. The van der Waals surface area contributed by atoms with Crippen LogP contribution in [0.2, 0.25) is 78.6 Å². The largest absolute Gasteiger partial charge is 0.516 e. The van der Waals surface area contributed by atoms with Crippen LogP contribution in [-0.4, -0.2) is 63.9 Å². The average Bonchev–Trinajstić information content (AvgIpc) is 2.87. The summed E-state index contributed by atoms with van der Waals surface area (Å²) in [6.45, 7) is 22.3. The lowest BCUT2D eigenvalue weighted by Crippen LogP contribution is -2.35. The van der Waals surface area contributed by atoms with E-state index < -0.39 is 57.1 Å². The quantitative estimate of drug-likeness (QED) is 0.0643. The van der Waals surface area contributed by atoms with Crippen LogP contribution in [0.4, 0.5) is 0 Å². The molecule has 0 unspecified atom stereocenters. The molecular weight excluding hydrogens is 669 g/mol. The number of hydrogen-bond donors (Lipinski definition) is 0. The van der Waals surface area contributed by atoms with E-state index in [1.165, 1.54) is 12.2 Å². The highest BCUT2D eigenvalue weighted by Crippen LogP contribution is 2.21. The molecule has 47 heavy (non-hydrogen) atoms. The highest BCUT2D eigenvalue weighted by molar-refractivity contribution is 6.73. The van der Waals surface area contributed by atoms with Gasteiger partial charge in [0.15, 0.2) is 0 Å². The number of hydrogen-bond acceptors (Lipinski definition) is 10. The molecule has 256 valence electrons. The zero-order chi connectivity index (χ0) is 35.8. The van der Waals surface area contributed by atoms with Crippen molar-refractivity contribution in [2.24, 2.45) is 0 Å². The zero-order valence-corrected chi connectivity index (χ0v) is 33.6. The summed E-state index contributed by atoms with van der Waals surface area (Å²) in [7, 11) is -9.00. The van der Waals surface area contributed by atoms with Crippen molar-refractivity contribution in [3.8, 4) is 11.5 Å². The number of rotatable bonds is 14. The summed E-state index contributed by atoms with van der Waals surface area (Å²) in [6.07, 6.45) is 2.92. The highest BCUT2D eigenvalue weighted by atomic mass is 28.4. The van der Waals surface area contributed by atoms with E-state index in [9.17, 15) is 19.2 Å². The van der Waals surface area contributed by atoms with E-state index in [0.717, 1.165) is 0 Å². The first kappa shape index (κ1) is 39.4. The maximum Gasteiger partial charge on any atom is 0.332 e. The van der Waals surface area contributed by atoms with Gasteiger partial charge in [-0.05, 0) is 126 Å². The molecule has 0 aliphatic rings. The van der Waals surface area contributed by atoms with Gasteiger partial charge in [0.2, 0.25) is 40.1 Å². The second-order valence-electron chi connectivity index (χ2n) is 14.7. The van der Waals surface area contributed by atoms with Gasteiger partial charge in [0.25, 0.3) is 0 Å². The van der Waals surface area contributed by atoms with Crippen LogP contribution in [0.3, 0.4) is 0 Å². The normalized spacial score (nSPS) is 11.8. The van der Waals surface area contributed by atoms with Crippen LogP contribution >= 0.6 is 0 Å². The van der Waals surface area contributed by atoms with E-state index in [4.69, 9.17) is 27.2 Å². The predicted octanol–water partition coefficient (Wildman–Crippen LogP) is 7.38. The first-order chi connectivity index (χ1) is 21.4. The molecule has 10 nitrogen and oxygen atoms in total. The lowest BCUT2D eigenvalue weighted by molar-refractivity contribution is -0.140. The number of benzene rings is 2. The fraction of sp³-hybridized carbons (Fsp3) is 0.394. The van der Waals surface area contributed by atoms with E-state index in [1.807, 2.05) is 78.6 Å². The molecule has 0 radical (unpaired) electrons. The predicted molar refractivity (Wildman–Crippen MR) is 193 cm³/mol. The second kappa shape index (κ2) is 15.9. The fourth-order valence-electron chi connectivity index (χ4n) is 3.55. The molecule has 0 saturated carbocycles. The Morgan fingerprint density at radius 1 is 0.447 bits per heavy atom. The monoisotopic (exact) mass is 716 g/mol. The minimum Gasteiger partial charge on any atom is -0.516 e. The van der Waals surface area contributed by atoms with Crippen molar-refractivity contribution in [2.75, 3.05) is 6.79 Å². The molecule has 0 fully saturated rings. The Labute approximate surface area is 282 Å². The first-order valence-electron chi connectivity index (χ1n) is 15.2. The highest BCUT2D eigenvalue weighted by Gasteiger charge is 2.32. The third-order valence-corrected chi connectivity index (χ3v) is 8.50. The van der Waals surface area contributed by atoms with Crippen molar-refractivity contribution in [3.63, 3.8) is 0 Å². The van der Waals surface area contributed by atoms with E-state index in [0.29, 0.717) is 22.6 Å². The molecule has 2 aromatic carbocycles. The maximum absolute atomic E-state index is 12.8. The van der Waals surface area contributed by atoms with Crippen LogP contribution < -0.4 is 9.47 Å². The topological polar surface area (TPSA) is 124 Å². The van der Waals surface area contributed by atoms with Gasteiger partial charge < -0.3 is 27.2 Å². The fourth-order valence-corrected chi connectivity index (χ4v) is 6.22. The van der Waals surface area contributed by atoms with Crippen LogP contribution in [-0.2, 0) is 36.9 Å². The third kappa shape index (κ3) is 15.6. The minimum atomic E-state index is -2.25. The molecule has 0 saturated heterocycles. The van der Waals surface area contributed by atoms with Gasteiger partial charge in [-0.15, -0.1) is 0 Å². The molecule has 14 heteroatoms. The van der Waals surface area contributed by atoms with E-state index in [-0.39, 0.29) is 17.9 Å². The molecule has 0 N–H and O–H groups in total. The molecule has 0 aliphatic carbocycles. The lowest BCUT2D eigenvalue weighted by Gasteiger charge is -2.21. The summed E-state index contributed by atoms with van der Waals surface area (Å²) in [5, 5.41) is 0. The van der Waals surface area contributed by atoms with Crippen LogP contribution in [0.5, 0.6) is 11.5 Å². The van der Waals surface area contributed by atoms with Gasteiger partial charge in [-0.2, -0.15) is 0 Å². The van der Waals surface area contributed by atoms with Gasteiger partial charge in [0, 0.05) is 0 Å². The Kier molecular flexibility index (Phi) is 13.4. The third-order valence-electron chi connectivity index (χ3n) is 5.31. The van der Waals surface area contributed by atoms with Crippen molar-refractivity contribution in [1.82, 2.24) is 0 Å². The molecular formula is C33H48O10Si4. The van der Waals surface area contributed by atoms with Crippen LogP contribution in [0, 0.1) is 0 Å². The molecule has 2 rings (SSSR count). The van der Waals surface area contributed by atoms with Crippen LogP contribution in [0.1, 0.15) is 11.1 Å². The second-order valence-corrected chi connectivity index (χ2v) is 32.4. The van der Waals surface area contributed by atoms with Crippen molar-refractivity contribution < 1.29 is 46.4 Å². The standard InChI is InChI=1S/C33H48O10Si4/c1-44(2,3)40-30(34)28(31(35)41-45(4,5)6)21-24-13-17-26(18-14-24)38-23-39-27-19-15-25(16-20-27)22-29(32(36)42-46(7,8)9)33(37)43-47(10,11)12/h13-22H,23H2,1-12H3. The Morgan fingerprint density at radius 3 is 0.894 bits per heavy atom. The summed E-state index contributed by atoms with van der Waals surface area (Å²) < 4.78 is 33.7. The van der Waals surface area contributed by atoms with E-state index in [1.54, 1.807) is 48.5 Å². The Balaban J connectivity index is 2.12. The summed E-state index contributed by atoms with van der Waals surface area (Å²) in [4.78, 5) is 51.4. The van der Waals surface area contributed by atoms with Crippen molar-refractivity contribution in [3.05, 3.63) is 70.8 Å². The maximum atomic E-state index is 12.8. The lowest BCUT2D eigenvalue weighted by atomic mass is 10.1. The number of carbonyl (C=O) groups excluding carboxylic acids is 4. The van der Waals surface area contributed by atoms with Gasteiger partial charge in [-0.25, -0.2) is 19.2 Å². The first-order valence-corrected chi connectivity index (χ1v) is 28.9. The van der Waals surface area contributed by atoms with Crippen molar-refractivity contribution in [2.45, 2.75) is 78.6 Å². The zero-order valence-electron chi connectivity index (χ0n) is 29.6. The number of ether oxygens (including phenoxy) is 2. The van der Waals surface area contributed by atoms with E-state index in [2.05, 4.69) is 0 Å². The van der Waals surface area contributed by atoms with Crippen LogP contribution in [0.15, 0.2) is 59.7 Å². The molecule has 0 aliphatic heterocycles. The van der Waals surface area contributed by atoms with Crippen LogP contribution in [0.25, 0.3) is 12.2 Å². The Morgan fingerprint density at radius 2 is 0.681 bits per heavy atom. The molecule has 0 bridgehead atoms. The molecule has 2 aromatic rings. The van der Waals surface area contributed by atoms with Crippen molar-refractivity contribution >= 4 is 69.3 Å². The van der Waals surface area contributed by atoms with Gasteiger partial charge >= 0.3 is 23.9 Å². The smallest absolute Gasteiger partial charge is 0.332 e. The molecule has 0 heterocycles. The summed E-state index contributed by atoms with van der Waals surface area (Å²) in [6, 6.07) is 13.6. The Bertz CT molecular complexity index is 1310. The van der Waals surface area contributed by atoms with Gasteiger partial charge in [-0.3, -0.25) is 0 Å². The summed E-state index contributed by atoms with van der Waals surface area (Å²) in [5.41, 5.74) is 0.883. The average molecular weight is 717 g/mol. The summed E-state index contributed by atoms with van der Waals surface area (Å²) >= 11 is 0. The molecule has 0 atom stereocenters. The van der Waals surface area contributed by atoms with E-state index >= 15 is 0 Å². The van der Waals surface area contributed by atoms with Crippen molar-refractivity contribution in [1.29, 1.82) is 0 Å². The number of carbonyl (C=O) groups is 4. The SMILES string of the molecule is C[Si](C)(C)OC(=O)C(=Cc1ccc(OCOc2ccc(C=C(C(=O)O[Si](C)(C)C)C(=O)O[Si](C)(C)C)cc2)cc1)C(=O)O[Si](C)(C)C. The molecule has 0 amide bonds. The van der Waals surface area contributed by atoms with Gasteiger partial charge in [-0.1, -0.05) is 24.3 Å². The molecule has 0 spiro atoms. The van der Waals surface area contributed by atoms with Gasteiger partial charge in [0.1, 0.15) is 22.6 Å². The Hall–Kier alpha value is -3.73. The minimum absolute atomic E-state index is 0.100. The van der Waals surface area contributed by atoms with Gasteiger partial charge in [0.05, 0.1) is 0 Å². The summed E-state index contributed by atoms with van der Waals surface area (Å²) in [5.74, 6) is -1.78.